The first-order valence-electron chi connectivity index (χ1n) is 7.54. The van der Waals surface area contributed by atoms with Gasteiger partial charge < -0.3 is 19.9 Å². The average molecular weight is 315 g/mol. The summed E-state index contributed by atoms with van der Waals surface area (Å²) in [5.74, 6) is -0.554. The first-order chi connectivity index (χ1) is 10.1. The molecule has 0 saturated heterocycles. The molecule has 0 fully saturated rings. The van der Waals surface area contributed by atoms with Crippen molar-refractivity contribution in [1.29, 1.82) is 0 Å². The van der Waals surface area contributed by atoms with E-state index in [-0.39, 0.29) is 18.9 Å². The Labute approximate surface area is 132 Å². The van der Waals surface area contributed by atoms with Gasteiger partial charge in [-0.2, -0.15) is 0 Å². The molecule has 0 saturated carbocycles. The number of ether oxygens (including phenoxy) is 2. The second-order valence-corrected chi connectivity index (χ2v) is 6.30. The van der Waals surface area contributed by atoms with Crippen molar-refractivity contribution in [2.45, 2.75) is 65.2 Å². The molecule has 6 nitrogen and oxygen atoms in total. The van der Waals surface area contributed by atoms with Crippen LogP contribution in [0.1, 0.15) is 47.5 Å². The van der Waals surface area contributed by atoms with Crippen molar-refractivity contribution in [2.24, 2.45) is 5.92 Å². The summed E-state index contributed by atoms with van der Waals surface area (Å²) in [5.41, 5.74) is -0.627. The van der Waals surface area contributed by atoms with E-state index in [9.17, 15) is 14.7 Å². The Kier molecular flexibility index (Phi) is 8.79. The van der Waals surface area contributed by atoms with Gasteiger partial charge in [0.1, 0.15) is 12.2 Å². The standard InChI is InChI=1S/C16H29NO5/c1-7-9-21-13(19)10-12(18)14(11(3)8-2)17-15(20)22-16(4,5)6/h7,11-12,14,18H,1,8-10H2,2-6H3,(H,17,20)/t11-,12+,14-/m0/s1. The molecule has 2 N–H and O–H groups in total. The van der Waals surface area contributed by atoms with Crippen LogP contribution in [-0.4, -0.2) is 41.5 Å². The molecule has 0 spiro atoms. The van der Waals surface area contributed by atoms with Crippen molar-refractivity contribution in [3.8, 4) is 0 Å². The lowest BCUT2D eigenvalue weighted by Crippen LogP contribution is -2.49. The van der Waals surface area contributed by atoms with Gasteiger partial charge in [0.25, 0.3) is 0 Å². The molecule has 0 aliphatic carbocycles. The number of carbonyl (C=O) groups is 2. The van der Waals surface area contributed by atoms with Crippen LogP contribution >= 0.6 is 0 Å². The molecule has 128 valence electrons. The molecule has 0 aliphatic heterocycles. The van der Waals surface area contributed by atoms with Gasteiger partial charge >= 0.3 is 12.1 Å². The lowest BCUT2D eigenvalue weighted by Gasteiger charge is -2.30. The molecule has 0 radical (unpaired) electrons. The predicted octanol–water partition coefficient (Wildman–Crippen LogP) is 2.41. The van der Waals surface area contributed by atoms with Crippen molar-refractivity contribution >= 4 is 12.1 Å². The summed E-state index contributed by atoms with van der Waals surface area (Å²) in [5, 5.41) is 12.9. The lowest BCUT2D eigenvalue weighted by molar-refractivity contribution is -0.145. The van der Waals surface area contributed by atoms with Crippen LogP contribution < -0.4 is 5.32 Å². The minimum absolute atomic E-state index is 0.0188. The summed E-state index contributed by atoms with van der Waals surface area (Å²) >= 11 is 0. The number of aliphatic hydroxyl groups is 1. The molecule has 1 amide bonds. The third-order valence-electron chi connectivity index (χ3n) is 3.09. The SMILES string of the molecule is C=CCOC(=O)C[C@@H](O)[C@@H](NC(=O)OC(C)(C)C)[C@@H](C)CC. The van der Waals surface area contributed by atoms with E-state index in [0.717, 1.165) is 6.42 Å². The molecule has 0 aliphatic rings. The summed E-state index contributed by atoms with van der Waals surface area (Å²) in [6.07, 6.45) is 0.337. The maximum Gasteiger partial charge on any atom is 0.407 e. The number of esters is 1. The van der Waals surface area contributed by atoms with Crippen LogP contribution in [0.2, 0.25) is 0 Å². The van der Waals surface area contributed by atoms with Crippen molar-refractivity contribution in [3.63, 3.8) is 0 Å². The molecule has 0 rings (SSSR count). The zero-order valence-electron chi connectivity index (χ0n) is 14.2. The monoisotopic (exact) mass is 315 g/mol. The quantitative estimate of drug-likeness (QED) is 0.531. The Morgan fingerprint density at radius 2 is 1.95 bits per heavy atom. The molecular formula is C16H29NO5. The van der Waals surface area contributed by atoms with Crippen LogP contribution in [-0.2, 0) is 14.3 Å². The van der Waals surface area contributed by atoms with E-state index in [0.29, 0.717) is 0 Å². The molecule has 0 aromatic heterocycles. The van der Waals surface area contributed by atoms with Gasteiger partial charge in [0, 0.05) is 0 Å². The maximum absolute atomic E-state index is 11.9. The van der Waals surface area contributed by atoms with Gasteiger partial charge in [0.15, 0.2) is 0 Å². The molecule has 3 atom stereocenters. The fourth-order valence-electron chi connectivity index (χ4n) is 1.82. The van der Waals surface area contributed by atoms with E-state index in [1.165, 1.54) is 6.08 Å². The van der Waals surface area contributed by atoms with Gasteiger partial charge in [-0.05, 0) is 26.7 Å². The Balaban J connectivity index is 4.72. The second-order valence-electron chi connectivity index (χ2n) is 6.30. The highest BCUT2D eigenvalue weighted by Crippen LogP contribution is 2.16. The minimum atomic E-state index is -1.04. The van der Waals surface area contributed by atoms with Crippen LogP contribution in [0.4, 0.5) is 4.79 Å². The number of amides is 1. The smallest absolute Gasteiger partial charge is 0.407 e. The average Bonchev–Trinajstić information content (AvgIpc) is 2.39. The van der Waals surface area contributed by atoms with E-state index < -0.39 is 29.8 Å². The summed E-state index contributed by atoms with van der Waals surface area (Å²) < 4.78 is 10.0. The normalized spacial score (nSPS) is 15.4. The zero-order chi connectivity index (χ0) is 17.3. The number of aliphatic hydroxyl groups excluding tert-OH is 1. The molecule has 22 heavy (non-hydrogen) atoms. The fourth-order valence-corrected chi connectivity index (χ4v) is 1.82. The molecule has 0 unspecified atom stereocenters. The van der Waals surface area contributed by atoms with Gasteiger partial charge in [0.2, 0.25) is 0 Å². The summed E-state index contributed by atoms with van der Waals surface area (Å²) in [7, 11) is 0. The van der Waals surface area contributed by atoms with E-state index in [1.807, 2.05) is 13.8 Å². The Morgan fingerprint density at radius 1 is 1.36 bits per heavy atom. The number of hydrogen-bond acceptors (Lipinski definition) is 5. The van der Waals surface area contributed by atoms with Gasteiger partial charge in [-0.25, -0.2) is 4.79 Å². The van der Waals surface area contributed by atoms with Gasteiger partial charge in [-0.15, -0.1) is 0 Å². The lowest BCUT2D eigenvalue weighted by atomic mass is 9.93. The first-order valence-corrected chi connectivity index (χ1v) is 7.54. The van der Waals surface area contributed by atoms with Crippen LogP contribution in [0.5, 0.6) is 0 Å². The third-order valence-corrected chi connectivity index (χ3v) is 3.09. The van der Waals surface area contributed by atoms with Crippen LogP contribution in [0, 0.1) is 5.92 Å². The molecule has 0 aromatic carbocycles. The number of hydrogen-bond donors (Lipinski definition) is 2. The zero-order valence-corrected chi connectivity index (χ0v) is 14.2. The molecule has 0 bridgehead atoms. The Morgan fingerprint density at radius 3 is 2.41 bits per heavy atom. The van der Waals surface area contributed by atoms with Crippen molar-refractivity contribution in [1.82, 2.24) is 5.32 Å². The maximum atomic E-state index is 11.9. The number of nitrogens with one attached hydrogen (secondary N) is 1. The van der Waals surface area contributed by atoms with E-state index in [2.05, 4.69) is 11.9 Å². The van der Waals surface area contributed by atoms with Crippen molar-refractivity contribution in [2.75, 3.05) is 6.61 Å². The third kappa shape index (κ3) is 8.67. The molecule has 0 heterocycles. The largest absolute Gasteiger partial charge is 0.461 e. The van der Waals surface area contributed by atoms with Crippen LogP contribution in [0.25, 0.3) is 0 Å². The topological polar surface area (TPSA) is 84.9 Å². The molecule has 0 aromatic rings. The second kappa shape index (κ2) is 9.46. The van der Waals surface area contributed by atoms with Crippen LogP contribution in [0.15, 0.2) is 12.7 Å². The Hall–Kier alpha value is -1.56. The van der Waals surface area contributed by atoms with E-state index in [4.69, 9.17) is 9.47 Å². The van der Waals surface area contributed by atoms with E-state index in [1.54, 1.807) is 20.8 Å². The highest BCUT2D eigenvalue weighted by molar-refractivity contribution is 5.71. The highest BCUT2D eigenvalue weighted by Gasteiger charge is 2.30. The summed E-state index contributed by atoms with van der Waals surface area (Å²) in [6, 6.07) is -0.587. The number of alkyl carbamates (subject to hydrolysis) is 1. The molecular weight excluding hydrogens is 286 g/mol. The number of rotatable bonds is 8. The van der Waals surface area contributed by atoms with E-state index >= 15 is 0 Å². The number of carbonyl (C=O) groups excluding carboxylic acids is 2. The predicted molar refractivity (Wildman–Crippen MR) is 84.4 cm³/mol. The minimum Gasteiger partial charge on any atom is -0.461 e. The first kappa shape index (κ1) is 20.4. The fraction of sp³-hybridized carbons (Fsp3) is 0.750. The van der Waals surface area contributed by atoms with Gasteiger partial charge in [0.05, 0.1) is 18.6 Å². The summed E-state index contributed by atoms with van der Waals surface area (Å²) in [6.45, 7) is 12.6. The van der Waals surface area contributed by atoms with Gasteiger partial charge in [-0.3, -0.25) is 4.79 Å². The van der Waals surface area contributed by atoms with Crippen molar-refractivity contribution in [3.05, 3.63) is 12.7 Å². The van der Waals surface area contributed by atoms with Crippen LogP contribution in [0.3, 0.4) is 0 Å². The summed E-state index contributed by atoms with van der Waals surface area (Å²) in [4.78, 5) is 23.4. The van der Waals surface area contributed by atoms with Crippen molar-refractivity contribution < 1.29 is 24.2 Å². The Bertz CT molecular complexity index is 375. The molecule has 6 heteroatoms. The van der Waals surface area contributed by atoms with Gasteiger partial charge in [-0.1, -0.05) is 32.9 Å². The highest BCUT2D eigenvalue weighted by atomic mass is 16.6.